The van der Waals surface area contributed by atoms with E-state index in [2.05, 4.69) is 82.6 Å². The van der Waals surface area contributed by atoms with Crippen molar-refractivity contribution in [3.05, 3.63) is 68.9 Å². The third-order valence-electron chi connectivity index (χ3n) is 4.11. The van der Waals surface area contributed by atoms with Crippen LogP contribution in [-0.4, -0.2) is 6.04 Å². The summed E-state index contributed by atoms with van der Waals surface area (Å²) in [5.74, 6) is 0.670. The molecule has 1 aliphatic rings. The average Bonchev–Trinajstić information content (AvgIpc) is 2.65. The zero-order chi connectivity index (χ0) is 20.4. The summed E-state index contributed by atoms with van der Waals surface area (Å²) < 4.78 is 2.12. The summed E-state index contributed by atoms with van der Waals surface area (Å²) in [7, 11) is 2.06. The van der Waals surface area contributed by atoms with Crippen LogP contribution in [0.4, 0.5) is 0 Å². The second kappa shape index (κ2) is 26.8. The van der Waals surface area contributed by atoms with Crippen LogP contribution < -0.4 is 4.57 Å². The van der Waals surface area contributed by atoms with E-state index in [1.54, 1.807) is 0 Å². The summed E-state index contributed by atoms with van der Waals surface area (Å²) >= 11 is 0. The van der Waals surface area contributed by atoms with Crippen molar-refractivity contribution < 1.29 is 25.6 Å². The van der Waals surface area contributed by atoms with Crippen LogP contribution >= 0.6 is 0 Å². The van der Waals surface area contributed by atoms with E-state index in [-0.39, 0.29) is 42.0 Å². The summed E-state index contributed by atoms with van der Waals surface area (Å²) in [6, 6.07) is 6.47. The van der Waals surface area contributed by atoms with Crippen LogP contribution in [0.5, 0.6) is 0 Å². The maximum absolute atomic E-state index is 7.48. The molecule has 1 aromatic rings. The van der Waals surface area contributed by atoms with E-state index in [1.165, 1.54) is 37.0 Å². The Kier molecular flexibility index (Phi) is 35.6. The van der Waals surface area contributed by atoms with E-state index in [4.69, 9.17) is 5.73 Å². The Hall–Kier alpha value is -1.16. The Morgan fingerprint density at radius 2 is 1.69 bits per heavy atom. The first kappa shape index (κ1) is 38.4. The summed E-state index contributed by atoms with van der Waals surface area (Å²) in [6.07, 6.45) is 22.6. The first-order valence-electron chi connectivity index (χ1n) is 9.76. The minimum absolute atomic E-state index is 0. The molecule has 1 saturated carbocycles. The number of terminal acetylenes is 1. The van der Waals surface area contributed by atoms with Gasteiger partial charge in [-0.1, -0.05) is 77.0 Å². The minimum atomic E-state index is 0. The maximum Gasteiger partial charge on any atom is 0.207 e. The van der Waals surface area contributed by atoms with Crippen molar-refractivity contribution in [2.45, 2.75) is 72.8 Å². The first-order chi connectivity index (χ1) is 12.5. The molecule has 1 aliphatic carbocycles. The first-order valence-corrected chi connectivity index (χ1v) is 9.76. The second-order valence-electron chi connectivity index (χ2n) is 6.65. The Morgan fingerprint density at radius 1 is 1.17 bits per heavy atom. The van der Waals surface area contributed by atoms with Crippen molar-refractivity contribution in [2.24, 2.45) is 13.0 Å². The van der Waals surface area contributed by atoms with E-state index >= 15 is 0 Å². The van der Waals surface area contributed by atoms with Gasteiger partial charge < -0.3 is 20.6 Å². The van der Waals surface area contributed by atoms with Crippen molar-refractivity contribution in [2.75, 3.05) is 0 Å². The van der Waals surface area contributed by atoms with Crippen molar-refractivity contribution in [1.29, 1.82) is 0 Å². The van der Waals surface area contributed by atoms with E-state index < -0.39 is 0 Å². The molecular weight excluding hydrogens is 535 g/mol. The molecule has 0 radical (unpaired) electrons. The topological polar surface area (TPSA) is 27.7 Å². The number of nitrogens with zero attached hydrogens (tertiary/aromatic N) is 1. The van der Waals surface area contributed by atoms with Gasteiger partial charge in [0, 0.05) is 38.8 Å². The molecule has 0 bridgehead atoms. The zero-order valence-electron chi connectivity index (χ0n) is 20.1. The van der Waals surface area contributed by atoms with Crippen molar-refractivity contribution in [1.82, 2.24) is 0 Å². The number of rotatable bonds is 2. The van der Waals surface area contributed by atoms with Gasteiger partial charge in [-0.25, -0.2) is 4.57 Å². The van der Waals surface area contributed by atoms with Gasteiger partial charge in [0.15, 0.2) is 6.20 Å². The van der Waals surface area contributed by atoms with Gasteiger partial charge in [0.25, 0.3) is 0 Å². The van der Waals surface area contributed by atoms with Gasteiger partial charge in [-0.05, 0) is 19.9 Å². The Bertz CT molecular complexity index is 523. The molecule has 2 unspecified atom stereocenters. The third kappa shape index (κ3) is 19.9. The molecule has 29 heavy (non-hydrogen) atoms. The number of aryl methyl sites for hydroxylation is 1. The molecule has 1 aromatic heterocycles. The van der Waals surface area contributed by atoms with Gasteiger partial charge in [0.05, 0.1) is 0 Å². The normalized spacial score (nSPS) is 17.2. The van der Waals surface area contributed by atoms with Crippen LogP contribution in [0.3, 0.4) is 0 Å². The van der Waals surface area contributed by atoms with Gasteiger partial charge in [-0.3, -0.25) is 0 Å². The largest absolute Gasteiger partial charge is 0.674 e. The molecule has 0 amide bonds. The van der Waals surface area contributed by atoms with Crippen molar-refractivity contribution >= 4 is 5.57 Å². The SMILES string of the molecule is C#C.C/C=C\C=C(/C)c1cccc[n+]1C.CC1CCCCC1[NH-].CCC.[CH3-].[CH3-].[Pt]. The van der Waals surface area contributed by atoms with Gasteiger partial charge in [-0.15, -0.1) is 18.9 Å². The van der Waals surface area contributed by atoms with Crippen LogP contribution in [0.15, 0.2) is 42.6 Å². The van der Waals surface area contributed by atoms with Crippen LogP contribution in [0, 0.1) is 33.6 Å². The fraction of sp³-hybridized carbons (Fsp3) is 0.500. The molecule has 1 N–H and O–H groups in total. The molecular formula is C26H46N2Pt-2. The Labute approximate surface area is 198 Å². The smallest absolute Gasteiger partial charge is 0.207 e. The van der Waals surface area contributed by atoms with Gasteiger partial charge >= 0.3 is 0 Å². The van der Waals surface area contributed by atoms with E-state index in [0.29, 0.717) is 5.92 Å². The molecule has 1 fully saturated rings. The standard InChI is InChI=1S/C12H16N.C7H14N.C3H8.C2H2.2CH3.Pt/c1-4-5-8-11(2)12-9-6-7-10-13(12)3;1-6-4-2-3-5-7(6)8;1-3-2;1-2;;;/h4-10H,1-3H3;6-8H,2-5H2,1H3;3H2,1-2H3;1-2H;2*1H3;/q+1;-1;;;2*-1;/b5-4-,11-8+;;;;;;. The van der Waals surface area contributed by atoms with Crippen molar-refractivity contribution in [3.8, 4) is 12.8 Å². The molecule has 0 aliphatic heterocycles. The summed E-state index contributed by atoms with van der Waals surface area (Å²) in [4.78, 5) is 0. The number of aromatic nitrogens is 1. The van der Waals surface area contributed by atoms with E-state index in [0.717, 1.165) is 6.42 Å². The van der Waals surface area contributed by atoms with Crippen LogP contribution in [-0.2, 0) is 28.1 Å². The average molecular weight is 582 g/mol. The molecule has 1 heterocycles. The van der Waals surface area contributed by atoms with Crippen LogP contribution in [0.2, 0.25) is 0 Å². The number of allylic oxidation sites excluding steroid dienone is 4. The summed E-state index contributed by atoms with van der Waals surface area (Å²) in [5.41, 5.74) is 10.0. The predicted molar refractivity (Wildman–Crippen MR) is 131 cm³/mol. The fourth-order valence-electron chi connectivity index (χ4n) is 2.58. The van der Waals surface area contributed by atoms with E-state index in [1.807, 2.05) is 19.1 Å². The Morgan fingerprint density at radius 3 is 2.07 bits per heavy atom. The maximum atomic E-state index is 7.48. The summed E-state index contributed by atoms with van der Waals surface area (Å²) in [6.45, 7) is 10.6. The number of hydrogen-bond donors (Lipinski definition) is 0. The van der Waals surface area contributed by atoms with E-state index in [9.17, 15) is 0 Å². The molecule has 3 heteroatoms. The number of pyridine rings is 1. The van der Waals surface area contributed by atoms with Crippen LogP contribution in [0.25, 0.3) is 11.3 Å². The molecule has 0 spiro atoms. The predicted octanol–water partition coefficient (Wildman–Crippen LogP) is 7.67. The van der Waals surface area contributed by atoms with Crippen LogP contribution in [0.1, 0.15) is 72.4 Å². The van der Waals surface area contributed by atoms with Crippen molar-refractivity contribution in [3.63, 3.8) is 0 Å². The molecule has 172 valence electrons. The molecule has 0 aromatic carbocycles. The molecule has 2 atom stereocenters. The quantitative estimate of drug-likeness (QED) is 0.148. The van der Waals surface area contributed by atoms with Gasteiger partial charge in [0.1, 0.15) is 7.05 Å². The third-order valence-corrected chi connectivity index (χ3v) is 4.11. The number of hydrogen-bond acceptors (Lipinski definition) is 0. The number of nitrogens with one attached hydrogen (secondary N) is 1. The van der Waals surface area contributed by atoms with Gasteiger partial charge in [0.2, 0.25) is 5.69 Å². The Balaban J connectivity index is -0.000000105. The second-order valence-corrected chi connectivity index (χ2v) is 6.65. The monoisotopic (exact) mass is 581 g/mol. The molecule has 2 rings (SSSR count). The van der Waals surface area contributed by atoms with Gasteiger partial charge in [-0.2, -0.15) is 0 Å². The minimum Gasteiger partial charge on any atom is -0.674 e. The summed E-state index contributed by atoms with van der Waals surface area (Å²) in [5, 5.41) is 0. The fourth-order valence-corrected chi connectivity index (χ4v) is 2.58. The molecule has 0 saturated heterocycles. The zero-order valence-corrected chi connectivity index (χ0v) is 22.4. The molecule has 2 nitrogen and oxygen atoms in total.